The standard InChI is InChI=1S/C23H32O5Si/c1-19(25)26-15-16-27-20(17-24)18-28-29(23(2,3)4,21-11-7-5-8-12-21)22-13-9-6-10-14-22/h5-14,20,24H,15-18H2,1-4H3/t20-/m0/s1. The van der Waals surface area contributed by atoms with E-state index in [1.54, 1.807) is 0 Å². The Morgan fingerprint density at radius 3 is 1.90 bits per heavy atom. The van der Waals surface area contributed by atoms with Crippen LogP contribution in [0.4, 0.5) is 0 Å². The lowest BCUT2D eigenvalue weighted by molar-refractivity contribution is -0.143. The highest BCUT2D eigenvalue weighted by Gasteiger charge is 2.50. The lowest BCUT2D eigenvalue weighted by Gasteiger charge is -2.43. The number of hydrogen-bond acceptors (Lipinski definition) is 5. The van der Waals surface area contributed by atoms with Gasteiger partial charge in [0.05, 0.1) is 19.8 Å². The third-order valence-corrected chi connectivity index (χ3v) is 9.85. The molecule has 0 bridgehead atoms. The molecule has 5 nitrogen and oxygen atoms in total. The third kappa shape index (κ3) is 5.99. The molecule has 0 aliphatic heterocycles. The number of ether oxygens (including phenoxy) is 2. The van der Waals surface area contributed by atoms with E-state index in [1.165, 1.54) is 17.3 Å². The van der Waals surface area contributed by atoms with Crippen molar-refractivity contribution in [1.82, 2.24) is 0 Å². The van der Waals surface area contributed by atoms with Crippen molar-refractivity contribution in [2.75, 3.05) is 26.4 Å². The Morgan fingerprint density at radius 1 is 0.966 bits per heavy atom. The average molecular weight is 417 g/mol. The van der Waals surface area contributed by atoms with E-state index in [0.29, 0.717) is 0 Å². The summed E-state index contributed by atoms with van der Waals surface area (Å²) in [5, 5.41) is 12.0. The maximum Gasteiger partial charge on any atom is 0.302 e. The fourth-order valence-electron chi connectivity index (χ4n) is 3.53. The van der Waals surface area contributed by atoms with Crippen LogP contribution in [0.1, 0.15) is 27.7 Å². The van der Waals surface area contributed by atoms with Gasteiger partial charge in [0.15, 0.2) is 0 Å². The van der Waals surface area contributed by atoms with Crippen LogP contribution in [-0.4, -0.2) is 51.9 Å². The molecular formula is C23H32O5Si. The van der Waals surface area contributed by atoms with E-state index in [-0.39, 0.29) is 37.4 Å². The molecule has 0 amide bonds. The first-order valence-electron chi connectivity index (χ1n) is 9.92. The highest BCUT2D eigenvalue weighted by atomic mass is 28.4. The zero-order valence-corrected chi connectivity index (χ0v) is 18.8. The van der Waals surface area contributed by atoms with Crippen molar-refractivity contribution >= 4 is 24.7 Å². The van der Waals surface area contributed by atoms with Gasteiger partial charge in [0.25, 0.3) is 8.32 Å². The number of aliphatic hydroxyl groups is 1. The summed E-state index contributed by atoms with van der Waals surface area (Å²) in [5.74, 6) is -0.349. The zero-order valence-electron chi connectivity index (χ0n) is 17.8. The van der Waals surface area contributed by atoms with Crippen molar-refractivity contribution in [1.29, 1.82) is 0 Å². The fraction of sp³-hybridized carbons (Fsp3) is 0.435. The second kappa shape index (κ2) is 10.7. The van der Waals surface area contributed by atoms with Crippen molar-refractivity contribution in [2.24, 2.45) is 0 Å². The number of benzene rings is 2. The van der Waals surface area contributed by atoms with Gasteiger partial charge in [-0.05, 0) is 15.4 Å². The van der Waals surface area contributed by atoms with Crippen LogP contribution >= 0.6 is 0 Å². The zero-order chi connectivity index (χ0) is 21.3. The van der Waals surface area contributed by atoms with Crippen molar-refractivity contribution in [3.8, 4) is 0 Å². The molecule has 2 rings (SSSR count). The molecule has 2 aromatic carbocycles. The average Bonchev–Trinajstić information content (AvgIpc) is 2.70. The number of aliphatic hydroxyl groups excluding tert-OH is 1. The summed E-state index contributed by atoms with van der Waals surface area (Å²) in [6.45, 7) is 8.43. The second-order valence-corrected chi connectivity index (χ2v) is 12.3. The molecule has 0 aliphatic carbocycles. The van der Waals surface area contributed by atoms with Crippen molar-refractivity contribution in [3.05, 3.63) is 60.7 Å². The number of rotatable bonds is 10. The number of esters is 1. The van der Waals surface area contributed by atoms with Crippen LogP contribution in [-0.2, 0) is 18.7 Å². The molecular weight excluding hydrogens is 384 g/mol. The van der Waals surface area contributed by atoms with E-state index in [2.05, 4.69) is 45.0 Å². The predicted octanol–water partition coefficient (Wildman–Crippen LogP) is 2.50. The fourth-order valence-corrected chi connectivity index (χ4v) is 8.12. The molecule has 6 heteroatoms. The summed E-state index contributed by atoms with van der Waals surface area (Å²) in [7, 11) is -2.67. The van der Waals surface area contributed by atoms with E-state index in [1.807, 2.05) is 36.4 Å². The summed E-state index contributed by atoms with van der Waals surface area (Å²) < 4.78 is 17.3. The number of carbonyl (C=O) groups is 1. The molecule has 0 unspecified atom stereocenters. The second-order valence-electron chi connectivity index (χ2n) is 7.99. The Balaban J connectivity index is 2.29. The summed E-state index contributed by atoms with van der Waals surface area (Å²) >= 11 is 0. The van der Waals surface area contributed by atoms with Gasteiger partial charge < -0.3 is 19.0 Å². The van der Waals surface area contributed by atoms with Crippen molar-refractivity contribution in [3.63, 3.8) is 0 Å². The Kier molecular flexibility index (Phi) is 8.58. The van der Waals surface area contributed by atoms with Crippen LogP contribution in [0, 0.1) is 0 Å². The molecule has 0 aromatic heterocycles. The first-order chi connectivity index (χ1) is 13.8. The van der Waals surface area contributed by atoms with E-state index in [0.717, 1.165) is 0 Å². The van der Waals surface area contributed by atoms with Gasteiger partial charge in [-0.2, -0.15) is 0 Å². The van der Waals surface area contributed by atoms with Gasteiger partial charge >= 0.3 is 5.97 Å². The molecule has 0 spiro atoms. The molecule has 0 saturated heterocycles. The van der Waals surface area contributed by atoms with Crippen molar-refractivity contribution < 1.29 is 23.8 Å². The molecule has 29 heavy (non-hydrogen) atoms. The van der Waals surface area contributed by atoms with Crippen LogP contribution in [0.3, 0.4) is 0 Å². The largest absolute Gasteiger partial charge is 0.463 e. The Bertz CT molecular complexity index is 703. The first-order valence-corrected chi connectivity index (χ1v) is 11.8. The maximum absolute atomic E-state index is 10.9. The van der Waals surface area contributed by atoms with Gasteiger partial charge in [-0.15, -0.1) is 0 Å². The summed E-state index contributed by atoms with van der Waals surface area (Å²) in [6.07, 6.45) is -0.493. The molecule has 1 atom stereocenters. The maximum atomic E-state index is 10.9. The minimum absolute atomic E-state index is 0.145. The van der Waals surface area contributed by atoms with Crippen LogP contribution in [0.2, 0.25) is 5.04 Å². The summed E-state index contributed by atoms with van der Waals surface area (Å²) in [4.78, 5) is 10.9. The van der Waals surface area contributed by atoms with E-state index >= 15 is 0 Å². The van der Waals surface area contributed by atoms with Gasteiger partial charge in [-0.3, -0.25) is 4.79 Å². The third-order valence-electron chi connectivity index (χ3n) is 4.85. The Hall–Kier alpha value is -1.99. The monoisotopic (exact) mass is 416 g/mol. The lowest BCUT2D eigenvalue weighted by atomic mass is 10.2. The molecule has 1 N–H and O–H groups in total. The minimum atomic E-state index is -2.67. The topological polar surface area (TPSA) is 65.0 Å². The highest BCUT2D eigenvalue weighted by molar-refractivity contribution is 6.99. The van der Waals surface area contributed by atoms with Crippen molar-refractivity contribution in [2.45, 2.75) is 38.8 Å². The molecule has 158 valence electrons. The van der Waals surface area contributed by atoms with E-state index in [9.17, 15) is 9.90 Å². The van der Waals surface area contributed by atoms with Crippen LogP contribution < -0.4 is 10.4 Å². The van der Waals surface area contributed by atoms with E-state index in [4.69, 9.17) is 13.9 Å². The Morgan fingerprint density at radius 2 is 1.48 bits per heavy atom. The molecule has 0 heterocycles. The number of carbonyl (C=O) groups excluding carboxylic acids is 1. The molecule has 0 fully saturated rings. The normalized spacial score (nSPS) is 13.1. The molecule has 0 aliphatic rings. The van der Waals surface area contributed by atoms with Gasteiger partial charge in [0.2, 0.25) is 0 Å². The van der Waals surface area contributed by atoms with Gasteiger partial charge in [-0.1, -0.05) is 81.4 Å². The SMILES string of the molecule is CC(=O)OCCO[C@@H](CO)CO[Si](c1ccccc1)(c1ccccc1)C(C)(C)C. The molecule has 2 aromatic rings. The summed E-state index contributed by atoms with van der Waals surface area (Å²) in [5.41, 5.74) is 0. The predicted molar refractivity (Wildman–Crippen MR) is 117 cm³/mol. The quantitative estimate of drug-likeness (QED) is 0.366. The Labute approximate surface area is 174 Å². The number of hydrogen-bond donors (Lipinski definition) is 1. The summed E-state index contributed by atoms with van der Waals surface area (Å²) in [6, 6.07) is 20.7. The molecule has 0 saturated carbocycles. The van der Waals surface area contributed by atoms with Gasteiger partial charge in [0.1, 0.15) is 12.7 Å². The smallest absolute Gasteiger partial charge is 0.302 e. The lowest BCUT2D eigenvalue weighted by Crippen LogP contribution is -2.67. The van der Waals surface area contributed by atoms with Gasteiger partial charge in [0, 0.05) is 6.92 Å². The van der Waals surface area contributed by atoms with Crippen LogP contribution in [0.5, 0.6) is 0 Å². The molecule has 0 radical (unpaired) electrons. The van der Waals surface area contributed by atoms with Crippen LogP contribution in [0.25, 0.3) is 0 Å². The highest BCUT2D eigenvalue weighted by Crippen LogP contribution is 2.36. The van der Waals surface area contributed by atoms with Gasteiger partial charge in [-0.25, -0.2) is 0 Å². The minimum Gasteiger partial charge on any atom is -0.463 e. The van der Waals surface area contributed by atoms with E-state index < -0.39 is 14.4 Å². The van der Waals surface area contributed by atoms with Crippen LogP contribution in [0.15, 0.2) is 60.7 Å². The first kappa shape index (κ1) is 23.3.